The average Bonchev–Trinajstić information content (AvgIpc) is 1.94. The summed E-state index contributed by atoms with van der Waals surface area (Å²) in [6.45, 7) is 10.7. The maximum atomic E-state index is 12.3. The number of imide groups is 2. The molecule has 0 aromatic rings. The van der Waals surface area contributed by atoms with Crippen LogP contribution in [0.3, 0.4) is 0 Å². The third-order valence-corrected chi connectivity index (χ3v) is 2.70. The first kappa shape index (κ1) is 13.7. The molecule has 17 heavy (non-hydrogen) atoms. The summed E-state index contributed by atoms with van der Waals surface area (Å²) < 4.78 is 0. The van der Waals surface area contributed by atoms with Crippen molar-refractivity contribution in [2.75, 3.05) is 0 Å². The van der Waals surface area contributed by atoms with E-state index >= 15 is 0 Å². The van der Waals surface area contributed by atoms with Crippen LogP contribution in [0.1, 0.15) is 41.5 Å². The Morgan fingerprint density at radius 3 is 1.82 bits per heavy atom. The van der Waals surface area contributed by atoms with Crippen molar-refractivity contribution >= 4 is 17.8 Å². The molecular formula is C12H20N2O3. The van der Waals surface area contributed by atoms with Crippen LogP contribution in [0.25, 0.3) is 0 Å². The molecule has 1 heterocycles. The van der Waals surface area contributed by atoms with E-state index in [1.165, 1.54) is 0 Å². The van der Waals surface area contributed by atoms with E-state index in [1.54, 1.807) is 20.8 Å². The Kier molecular flexibility index (Phi) is 3.07. The van der Waals surface area contributed by atoms with Gasteiger partial charge in [0.25, 0.3) is 0 Å². The van der Waals surface area contributed by atoms with Crippen molar-refractivity contribution in [1.29, 1.82) is 0 Å². The van der Waals surface area contributed by atoms with E-state index in [4.69, 9.17) is 0 Å². The van der Waals surface area contributed by atoms with E-state index < -0.39 is 34.7 Å². The highest BCUT2D eigenvalue weighted by atomic mass is 16.2. The van der Waals surface area contributed by atoms with Gasteiger partial charge in [0.2, 0.25) is 11.8 Å². The lowest BCUT2D eigenvalue weighted by Gasteiger charge is -2.42. The van der Waals surface area contributed by atoms with Gasteiger partial charge < -0.3 is 0 Å². The Bertz CT molecular complexity index is 340. The van der Waals surface area contributed by atoms with Gasteiger partial charge in [-0.3, -0.25) is 19.8 Å². The molecule has 0 spiro atoms. The molecule has 1 aliphatic heterocycles. The van der Waals surface area contributed by atoms with Crippen molar-refractivity contribution in [3.05, 3.63) is 0 Å². The van der Waals surface area contributed by atoms with Crippen LogP contribution in [-0.4, -0.2) is 28.3 Å². The molecule has 96 valence electrons. The lowest BCUT2D eigenvalue weighted by atomic mass is 9.77. The summed E-state index contributed by atoms with van der Waals surface area (Å²) in [7, 11) is 0. The Hall–Kier alpha value is -1.39. The molecule has 0 bridgehead atoms. The number of hydrogen-bond donors (Lipinski definition) is 1. The second kappa shape index (κ2) is 3.82. The Morgan fingerprint density at radius 1 is 1.00 bits per heavy atom. The summed E-state index contributed by atoms with van der Waals surface area (Å²) in [5.41, 5.74) is -1.14. The molecule has 0 radical (unpaired) electrons. The average molecular weight is 240 g/mol. The van der Waals surface area contributed by atoms with Crippen LogP contribution in [0.4, 0.5) is 4.79 Å². The highest BCUT2D eigenvalue weighted by molar-refractivity contribution is 6.16. The van der Waals surface area contributed by atoms with E-state index in [0.29, 0.717) is 0 Å². The van der Waals surface area contributed by atoms with Crippen molar-refractivity contribution in [2.45, 2.75) is 47.1 Å². The molecule has 0 aromatic heterocycles. The fourth-order valence-corrected chi connectivity index (χ4v) is 1.97. The minimum absolute atomic E-state index is 0.418. The largest absolute Gasteiger partial charge is 0.331 e. The normalized spacial score (nSPS) is 22.8. The van der Waals surface area contributed by atoms with Crippen molar-refractivity contribution in [1.82, 2.24) is 10.2 Å². The Balaban J connectivity index is 3.18. The van der Waals surface area contributed by atoms with Crippen LogP contribution in [0.5, 0.6) is 0 Å². The van der Waals surface area contributed by atoms with Crippen LogP contribution in [0.2, 0.25) is 0 Å². The molecule has 1 unspecified atom stereocenters. The van der Waals surface area contributed by atoms with Crippen molar-refractivity contribution < 1.29 is 14.4 Å². The summed E-state index contributed by atoms with van der Waals surface area (Å²) in [6, 6.07) is -0.631. The van der Waals surface area contributed by atoms with Crippen molar-refractivity contribution in [3.63, 3.8) is 0 Å². The lowest BCUT2D eigenvalue weighted by Crippen LogP contribution is -2.65. The number of rotatable bonds is 0. The first-order valence-electron chi connectivity index (χ1n) is 5.65. The molecule has 1 rings (SSSR count). The zero-order valence-electron chi connectivity index (χ0n) is 11.2. The molecule has 5 heteroatoms. The van der Waals surface area contributed by atoms with E-state index in [0.717, 1.165) is 4.90 Å². The van der Waals surface area contributed by atoms with Crippen molar-refractivity contribution in [3.8, 4) is 0 Å². The zero-order valence-corrected chi connectivity index (χ0v) is 11.2. The quantitative estimate of drug-likeness (QED) is 0.653. The molecule has 1 saturated heterocycles. The molecule has 1 fully saturated rings. The highest BCUT2D eigenvalue weighted by Gasteiger charge is 2.49. The van der Waals surface area contributed by atoms with Gasteiger partial charge in [-0.1, -0.05) is 20.8 Å². The predicted octanol–water partition coefficient (Wildman–Crippen LogP) is 1.53. The van der Waals surface area contributed by atoms with Gasteiger partial charge in [-0.2, -0.15) is 0 Å². The van der Waals surface area contributed by atoms with Gasteiger partial charge >= 0.3 is 6.03 Å². The smallest absolute Gasteiger partial charge is 0.277 e. The maximum absolute atomic E-state index is 12.3. The van der Waals surface area contributed by atoms with Gasteiger partial charge in [-0.25, -0.2) is 4.79 Å². The molecule has 0 saturated carbocycles. The standard InChI is InChI=1S/C12H20N2O3/c1-11(2,3)7-8(15)13-10(17)14(9(7)16)12(4,5)6/h7H,1-6H3,(H,13,15,17). The van der Waals surface area contributed by atoms with Gasteiger partial charge in [-0.05, 0) is 26.2 Å². The third kappa shape index (κ3) is 2.48. The molecule has 1 atom stereocenters. The monoisotopic (exact) mass is 240 g/mol. The minimum atomic E-state index is -0.820. The van der Waals surface area contributed by atoms with Crippen LogP contribution >= 0.6 is 0 Å². The summed E-state index contributed by atoms with van der Waals surface area (Å²) >= 11 is 0. The molecule has 0 aliphatic carbocycles. The van der Waals surface area contributed by atoms with Gasteiger partial charge in [0.05, 0.1) is 0 Å². The number of carbonyl (C=O) groups is 3. The molecule has 1 aliphatic rings. The van der Waals surface area contributed by atoms with Gasteiger partial charge in [-0.15, -0.1) is 0 Å². The number of carbonyl (C=O) groups excluding carboxylic acids is 3. The fourth-order valence-electron chi connectivity index (χ4n) is 1.97. The molecule has 5 nitrogen and oxygen atoms in total. The van der Waals surface area contributed by atoms with Crippen LogP contribution in [-0.2, 0) is 9.59 Å². The van der Waals surface area contributed by atoms with Gasteiger partial charge in [0.1, 0.15) is 5.92 Å². The van der Waals surface area contributed by atoms with Crippen LogP contribution < -0.4 is 5.32 Å². The number of nitrogens with zero attached hydrogens (tertiary/aromatic N) is 1. The molecular weight excluding hydrogens is 220 g/mol. The number of amides is 4. The van der Waals surface area contributed by atoms with Crippen LogP contribution in [0.15, 0.2) is 0 Å². The zero-order chi connectivity index (χ0) is 13.6. The molecule has 1 N–H and O–H groups in total. The van der Waals surface area contributed by atoms with Crippen LogP contribution in [0, 0.1) is 11.3 Å². The first-order chi connectivity index (χ1) is 7.46. The highest BCUT2D eigenvalue weighted by Crippen LogP contribution is 2.32. The summed E-state index contributed by atoms with van der Waals surface area (Å²) in [6.07, 6.45) is 0. The van der Waals surface area contributed by atoms with Gasteiger partial charge in [0, 0.05) is 5.54 Å². The second-order valence-corrected chi connectivity index (χ2v) is 6.44. The summed E-state index contributed by atoms with van der Waals surface area (Å²) in [5.74, 6) is -1.74. The first-order valence-corrected chi connectivity index (χ1v) is 5.65. The Morgan fingerprint density at radius 2 is 1.47 bits per heavy atom. The fraction of sp³-hybridized carbons (Fsp3) is 0.750. The van der Waals surface area contributed by atoms with E-state index in [-0.39, 0.29) is 0 Å². The minimum Gasteiger partial charge on any atom is -0.277 e. The predicted molar refractivity (Wildman–Crippen MR) is 63.1 cm³/mol. The summed E-state index contributed by atoms with van der Waals surface area (Å²) in [5, 5.41) is 2.25. The second-order valence-electron chi connectivity index (χ2n) is 6.44. The summed E-state index contributed by atoms with van der Waals surface area (Å²) in [4.78, 5) is 36.9. The van der Waals surface area contributed by atoms with E-state index in [1.807, 2.05) is 20.8 Å². The SMILES string of the molecule is CC(C)(C)C1C(=O)NC(=O)N(C(C)(C)C)C1=O. The van der Waals surface area contributed by atoms with E-state index in [2.05, 4.69) is 5.32 Å². The third-order valence-electron chi connectivity index (χ3n) is 2.70. The molecule has 4 amide bonds. The Labute approximate surface area is 102 Å². The number of hydrogen-bond acceptors (Lipinski definition) is 3. The van der Waals surface area contributed by atoms with E-state index in [9.17, 15) is 14.4 Å². The maximum Gasteiger partial charge on any atom is 0.331 e. The number of urea groups is 1. The lowest BCUT2D eigenvalue weighted by molar-refractivity contribution is -0.150. The number of nitrogens with one attached hydrogen (secondary N) is 1. The topological polar surface area (TPSA) is 66.5 Å². The number of barbiturate groups is 1. The van der Waals surface area contributed by atoms with Gasteiger partial charge in [0.15, 0.2) is 0 Å². The molecule has 0 aromatic carbocycles. The van der Waals surface area contributed by atoms with Crippen molar-refractivity contribution in [2.24, 2.45) is 11.3 Å².